The smallest absolute Gasteiger partial charge is 0.162 e. The van der Waals surface area contributed by atoms with Crippen molar-refractivity contribution in [3.05, 3.63) is 230 Å². The number of nitrogens with zero attached hydrogens (tertiary/aromatic N) is 4. The molecule has 0 aliphatic heterocycles. The lowest BCUT2D eigenvalue weighted by atomic mass is 9.99. The Labute approximate surface area is 358 Å². The molecule has 0 unspecified atom stereocenters. The molecule has 0 aliphatic carbocycles. The van der Waals surface area contributed by atoms with Crippen molar-refractivity contribution in [2.75, 3.05) is 0 Å². The van der Waals surface area contributed by atoms with E-state index in [1.54, 1.807) is 0 Å². The fourth-order valence-electron chi connectivity index (χ4n) is 8.58. The van der Waals surface area contributed by atoms with Gasteiger partial charge in [-0.15, -0.1) is 0 Å². The van der Waals surface area contributed by atoms with E-state index in [1.165, 1.54) is 22.1 Å². The molecule has 0 saturated carbocycles. The molecule has 0 fully saturated rings. The Hall–Kier alpha value is -8.41. The number of hydrogen-bond acceptors (Lipinski definition) is 2. The van der Waals surface area contributed by atoms with Crippen LogP contribution in [-0.4, -0.2) is 23.0 Å². The molecule has 11 rings (SSSR count). The first-order chi connectivity index (χ1) is 30.7. The van der Waals surface area contributed by atoms with Crippen molar-refractivity contribution in [2.45, 2.75) is 0 Å². The van der Waals surface area contributed by atoms with Crippen LogP contribution in [0.15, 0.2) is 238 Å². The van der Waals surface area contributed by atoms with Crippen LogP contribution in [0.5, 0.6) is 0 Å². The van der Waals surface area contributed by atoms with Crippen molar-refractivity contribution in [3.8, 4) is 39.1 Å². The SMILES string of the molecule is C=N/C(=N\C(=N/c1ccc2oc3ccc4c5ccccc5n(-c5ccc(-c6cccc(-c7ccccc7)c6)cc5)c4c3c2c1)c1cccc(-c2ccccc2)c1)c1ccccc1. The summed E-state index contributed by atoms with van der Waals surface area (Å²) in [6, 6.07) is 75.7. The summed E-state index contributed by atoms with van der Waals surface area (Å²) in [7, 11) is 0. The minimum absolute atomic E-state index is 0.491. The van der Waals surface area contributed by atoms with Gasteiger partial charge in [-0.1, -0.05) is 158 Å². The highest BCUT2D eigenvalue weighted by molar-refractivity contribution is 6.25. The van der Waals surface area contributed by atoms with Gasteiger partial charge >= 0.3 is 0 Å². The molecule has 0 bridgehead atoms. The summed E-state index contributed by atoms with van der Waals surface area (Å²) in [4.78, 5) is 14.7. The van der Waals surface area contributed by atoms with Crippen molar-refractivity contribution >= 4 is 67.8 Å². The summed E-state index contributed by atoms with van der Waals surface area (Å²) in [5.74, 6) is 1.01. The maximum atomic E-state index is 6.61. The molecule has 5 heteroatoms. The number of fused-ring (bicyclic) bond motifs is 7. The van der Waals surface area contributed by atoms with E-state index in [1.807, 2.05) is 72.8 Å². The van der Waals surface area contributed by atoms with Crippen LogP contribution < -0.4 is 0 Å². The maximum absolute atomic E-state index is 6.61. The lowest BCUT2D eigenvalue weighted by Crippen LogP contribution is -2.05. The van der Waals surface area contributed by atoms with Gasteiger partial charge in [-0.3, -0.25) is 0 Å². The van der Waals surface area contributed by atoms with Crippen LogP contribution >= 0.6 is 0 Å². The summed E-state index contributed by atoms with van der Waals surface area (Å²) in [6.45, 7) is 3.89. The van der Waals surface area contributed by atoms with Crippen molar-refractivity contribution in [3.63, 3.8) is 0 Å². The minimum Gasteiger partial charge on any atom is -0.456 e. The highest BCUT2D eigenvalue weighted by atomic mass is 16.3. The Morgan fingerprint density at radius 2 is 1.00 bits per heavy atom. The molecule has 2 heterocycles. The number of rotatable bonds is 7. The van der Waals surface area contributed by atoms with Gasteiger partial charge < -0.3 is 8.98 Å². The largest absolute Gasteiger partial charge is 0.456 e. The Balaban J connectivity index is 1.08. The molecule has 292 valence electrons. The van der Waals surface area contributed by atoms with E-state index in [0.29, 0.717) is 11.7 Å². The summed E-state index contributed by atoms with van der Waals surface area (Å²) in [5, 5.41) is 4.32. The van der Waals surface area contributed by atoms with Gasteiger partial charge in [-0.25, -0.2) is 15.0 Å². The number of para-hydroxylation sites is 1. The lowest BCUT2D eigenvalue weighted by Gasteiger charge is -2.11. The molecule has 62 heavy (non-hydrogen) atoms. The van der Waals surface area contributed by atoms with Crippen molar-refractivity contribution in [1.82, 2.24) is 4.57 Å². The summed E-state index contributed by atoms with van der Waals surface area (Å²) in [6.07, 6.45) is 0. The quantitative estimate of drug-likeness (QED) is 0.117. The third-order valence-corrected chi connectivity index (χ3v) is 11.5. The fourth-order valence-corrected chi connectivity index (χ4v) is 8.58. The second-order valence-electron chi connectivity index (χ2n) is 15.3. The third-order valence-electron chi connectivity index (χ3n) is 11.5. The second kappa shape index (κ2) is 15.6. The first-order valence-corrected chi connectivity index (χ1v) is 20.7. The van der Waals surface area contributed by atoms with Gasteiger partial charge in [0.05, 0.1) is 22.1 Å². The number of aliphatic imine (C=N–C) groups is 3. The van der Waals surface area contributed by atoms with Crippen LogP contribution in [0.2, 0.25) is 0 Å². The predicted octanol–water partition coefficient (Wildman–Crippen LogP) is 14.9. The Bertz CT molecular complexity index is 3510. The monoisotopic (exact) mass is 794 g/mol. The van der Waals surface area contributed by atoms with Gasteiger partial charge in [0.1, 0.15) is 11.2 Å². The van der Waals surface area contributed by atoms with Crippen molar-refractivity contribution < 1.29 is 4.42 Å². The fraction of sp³-hybridized carbons (Fsp3) is 0. The van der Waals surface area contributed by atoms with Crippen molar-refractivity contribution in [1.29, 1.82) is 0 Å². The Morgan fingerprint density at radius 1 is 0.419 bits per heavy atom. The minimum atomic E-state index is 0.491. The van der Waals surface area contributed by atoms with Crippen molar-refractivity contribution in [2.24, 2.45) is 15.0 Å². The Kier molecular flexibility index (Phi) is 9.25. The van der Waals surface area contributed by atoms with E-state index < -0.39 is 0 Å². The molecule has 11 aromatic rings. The molecule has 0 saturated heterocycles. The van der Waals surface area contributed by atoms with Gasteiger partial charge in [-0.05, 0) is 101 Å². The average Bonchev–Trinajstić information content (AvgIpc) is 3.89. The number of furan rings is 1. The molecule has 5 nitrogen and oxygen atoms in total. The topological polar surface area (TPSA) is 55.1 Å². The lowest BCUT2D eigenvalue weighted by molar-refractivity contribution is 0.669. The van der Waals surface area contributed by atoms with Gasteiger partial charge in [0.15, 0.2) is 11.7 Å². The first kappa shape index (κ1) is 36.7. The second-order valence-corrected chi connectivity index (χ2v) is 15.3. The molecule has 0 atom stereocenters. The van der Waals surface area contributed by atoms with Gasteiger partial charge in [0.25, 0.3) is 0 Å². The van der Waals surface area contributed by atoms with Crippen LogP contribution in [-0.2, 0) is 0 Å². The molecule has 0 aliphatic rings. The van der Waals surface area contributed by atoms with Crippen LogP contribution in [0.1, 0.15) is 11.1 Å². The van der Waals surface area contributed by atoms with Gasteiger partial charge in [-0.2, -0.15) is 0 Å². The molecule has 0 radical (unpaired) electrons. The highest BCUT2D eigenvalue weighted by Gasteiger charge is 2.20. The van der Waals surface area contributed by atoms with E-state index in [-0.39, 0.29) is 0 Å². The van der Waals surface area contributed by atoms with E-state index in [0.717, 1.165) is 77.6 Å². The van der Waals surface area contributed by atoms with E-state index >= 15 is 0 Å². The highest BCUT2D eigenvalue weighted by Crippen LogP contribution is 2.42. The summed E-state index contributed by atoms with van der Waals surface area (Å²) < 4.78 is 8.98. The normalized spacial score (nSPS) is 12.1. The molecule has 0 spiro atoms. The van der Waals surface area contributed by atoms with E-state index in [2.05, 4.69) is 162 Å². The summed E-state index contributed by atoms with van der Waals surface area (Å²) >= 11 is 0. The molecular weight excluding hydrogens is 757 g/mol. The standard InChI is InChI=1S/C57H38N4O/c1-58-56(41-19-9-4-10-20-41)60-57(45-24-14-23-44(36-45)39-17-7-3-8-18-39)59-46-29-33-52-50(37-46)54-53(62-52)34-32-49-48-25-11-12-26-51(48)61(55(49)54)47-30-27-40(28-31-47)43-22-13-21-42(35-43)38-15-5-2-6-16-38/h2-37H,1H2/b59-57-,60-56-. The number of aromatic nitrogens is 1. The van der Waals surface area contributed by atoms with Gasteiger partial charge in [0.2, 0.25) is 0 Å². The number of hydrogen-bond donors (Lipinski definition) is 0. The van der Waals surface area contributed by atoms with Crippen LogP contribution in [0.25, 0.3) is 82.8 Å². The Morgan fingerprint density at radius 3 is 1.71 bits per heavy atom. The molecular formula is C57H38N4O. The zero-order valence-electron chi connectivity index (χ0n) is 33.7. The van der Waals surface area contributed by atoms with E-state index in [4.69, 9.17) is 14.4 Å². The third kappa shape index (κ3) is 6.68. The van der Waals surface area contributed by atoms with E-state index in [9.17, 15) is 0 Å². The zero-order valence-corrected chi connectivity index (χ0v) is 33.7. The molecule has 0 N–H and O–H groups in total. The average molecular weight is 795 g/mol. The maximum Gasteiger partial charge on any atom is 0.162 e. The molecule has 0 amide bonds. The molecule has 2 aromatic heterocycles. The predicted molar refractivity (Wildman–Crippen MR) is 260 cm³/mol. The van der Waals surface area contributed by atoms with Crippen LogP contribution in [0, 0.1) is 0 Å². The summed E-state index contributed by atoms with van der Waals surface area (Å²) in [5.41, 5.74) is 14.2. The first-order valence-electron chi connectivity index (χ1n) is 20.7. The number of benzene rings is 9. The molecule has 9 aromatic carbocycles. The zero-order chi connectivity index (χ0) is 41.4. The number of amidine groups is 2. The van der Waals surface area contributed by atoms with Gasteiger partial charge in [0, 0.05) is 33.0 Å². The van der Waals surface area contributed by atoms with Crippen LogP contribution in [0.4, 0.5) is 5.69 Å². The van der Waals surface area contributed by atoms with Crippen LogP contribution in [0.3, 0.4) is 0 Å².